The second kappa shape index (κ2) is 9.05. The Kier molecular flexibility index (Phi) is 6.17. The van der Waals surface area contributed by atoms with Gasteiger partial charge in [0.05, 0.1) is 30.5 Å². The second-order valence-electron chi connectivity index (χ2n) is 7.03. The molecule has 0 aliphatic rings. The molecule has 0 radical (unpaired) electrons. The maximum atomic E-state index is 12.9. The first kappa shape index (κ1) is 22.5. The van der Waals surface area contributed by atoms with Crippen LogP contribution in [0.15, 0.2) is 48.7 Å². The molecule has 0 spiro atoms. The number of benzene rings is 2. The summed E-state index contributed by atoms with van der Waals surface area (Å²) in [7, 11) is 3.02. The number of thiazole rings is 1. The van der Waals surface area contributed by atoms with Crippen molar-refractivity contribution in [1.29, 1.82) is 0 Å². The fraction of sp³-hybridized carbons (Fsp3) is 0.130. The van der Waals surface area contributed by atoms with Crippen molar-refractivity contribution >= 4 is 45.4 Å². The number of fused-ring (bicyclic) bond motifs is 1. The Labute approximate surface area is 197 Å². The number of nitrogens with zero attached hydrogens (tertiary/aromatic N) is 3. The molecule has 2 heterocycles. The van der Waals surface area contributed by atoms with Crippen molar-refractivity contribution in [3.05, 3.63) is 79.9 Å². The number of aromatic nitrogens is 2. The molecule has 0 saturated carbocycles. The number of aryl methyl sites for hydroxylation is 1. The number of nitro groups is 1. The van der Waals surface area contributed by atoms with Gasteiger partial charge in [0, 0.05) is 28.3 Å². The third kappa shape index (κ3) is 4.33. The highest BCUT2D eigenvalue weighted by atomic mass is 35.5. The Morgan fingerprint density at radius 3 is 2.64 bits per heavy atom. The first-order valence-electron chi connectivity index (χ1n) is 9.69. The minimum Gasteiger partial charge on any atom is -0.493 e. The monoisotopic (exact) mass is 483 g/mol. The minimum atomic E-state index is -0.537. The highest BCUT2D eigenvalue weighted by Gasteiger charge is 2.19. The summed E-state index contributed by atoms with van der Waals surface area (Å²) in [6.07, 6.45) is 4.99. The number of hydrogen-bond donors (Lipinski definition) is 0. The normalized spacial score (nSPS) is 11.3. The van der Waals surface area contributed by atoms with Crippen LogP contribution in [0.2, 0.25) is 5.02 Å². The van der Waals surface area contributed by atoms with Crippen LogP contribution in [-0.4, -0.2) is 34.3 Å². The Morgan fingerprint density at radius 2 is 1.94 bits per heavy atom. The van der Waals surface area contributed by atoms with E-state index in [1.165, 1.54) is 43.8 Å². The number of nitro benzene ring substituents is 1. The summed E-state index contributed by atoms with van der Waals surface area (Å²) in [5.74, 6) is 0.730. The lowest BCUT2D eigenvalue weighted by atomic mass is 10.1. The van der Waals surface area contributed by atoms with Crippen molar-refractivity contribution in [2.75, 3.05) is 14.2 Å². The highest BCUT2D eigenvalue weighted by Crippen LogP contribution is 2.34. The first-order valence-corrected chi connectivity index (χ1v) is 10.9. The number of ether oxygens (including phenoxy) is 2. The number of carbonyl (C=O) groups excluding carboxylic acids is 1. The topological polar surface area (TPSA) is 96.0 Å². The maximum Gasteiger partial charge on any atom is 0.288 e. The molecule has 4 aromatic rings. The van der Waals surface area contributed by atoms with E-state index in [1.54, 1.807) is 30.3 Å². The molecular weight excluding hydrogens is 466 g/mol. The summed E-state index contributed by atoms with van der Waals surface area (Å²) in [6, 6.07) is 9.44. The number of methoxy groups -OCH3 is 2. The lowest BCUT2D eigenvalue weighted by Crippen LogP contribution is -1.98. The number of rotatable bonds is 7. The summed E-state index contributed by atoms with van der Waals surface area (Å²) in [4.78, 5) is 30.1. The van der Waals surface area contributed by atoms with Gasteiger partial charge in [-0.3, -0.25) is 19.3 Å². The van der Waals surface area contributed by atoms with Gasteiger partial charge in [-0.25, -0.2) is 4.98 Å². The van der Waals surface area contributed by atoms with Gasteiger partial charge in [-0.2, -0.15) is 0 Å². The summed E-state index contributed by atoms with van der Waals surface area (Å²) in [6.45, 7) is 1.95. The molecule has 0 atom stereocenters. The molecule has 8 nitrogen and oxygen atoms in total. The molecule has 0 saturated heterocycles. The van der Waals surface area contributed by atoms with E-state index in [-0.39, 0.29) is 16.5 Å². The van der Waals surface area contributed by atoms with Crippen LogP contribution in [0.4, 0.5) is 5.69 Å². The van der Waals surface area contributed by atoms with Crippen LogP contribution in [0.5, 0.6) is 11.5 Å². The predicted molar refractivity (Wildman–Crippen MR) is 128 cm³/mol. The average molecular weight is 484 g/mol. The first-order chi connectivity index (χ1) is 15.8. The zero-order valence-corrected chi connectivity index (χ0v) is 19.4. The number of ketones is 1. The summed E-state index contributed by atoms with van der Waals surface area (Å²) < 4.78 is 12.3. The van der Waals surface area contributed by atoms with Crippen molar-refractivity contribution in [2.24, 2.45) is 0 Å². The zero-order chi connectivity index (χ0) is 23.7. The molecule has 0 aliphatic carbocycles. The third-order valence-electron chi connectivity index (χ3n) is 4.96. The van der Waals surface area contributed by atoms with E-state index in [1.807, 2.05) is 17.5 Å². The fourth-order valence-electron chi connectivity index (χ4n) is 3.38. The minimum absolute atomic E-state index is 0.0429. The molecular formula is C23H18ClN3O5S. The number of halogens is 1. The van der Waals surface area contributed by atoms with Gasteiger partial charge < -0.3 is 9.47 Å². The molecule has 0 fully saturated rings. The van der Waals surface area contributed by atoms with E-state index in [0.29, 0.717) is 39.0 Å². The van der Waals surface area contributed by atoms with Gasteiger partial charge in [-0.05, 0) is 43.3 Å². The lowest BCUT2D eigenvalue weighted by molar-refractivity contribution is -0.384. The highest BCUT2D eigenvalue weighted by molar-refractivity contribution is 7.17. The van der Waals surface area contributed by atoms with Crippen LogP contribution >= 0.6 is 22.9 Å². The lowest BCUT2D eigenvalue weighted by Gasteiger charge is -2.08. The predicted octanol–water partition coefficient (Wildman–Crippen LogP) is 5.85. The van der Waals surface area contributed by atoms with Crippen LogP contribution in [0.1, 0.15) is 20.9 Å². The number of hydrogen-bond acceptors (Lipinski definition) is 7. The summed E-state index contributed by atoms with van der Waals surface area (Å²) >= 11 is 7.45. The Morgan fingerprint density at radius 1 is 1.18 bits per heavy atom. The fourth-order valence-corrected chi connectivity index (χ4v) is 4.40. The van der Waals surface area contributed by atoms with E-state index in [2.05, 4.69) is 4.98 Å². The van der Waals surface area contributed by atoms with Crippen LogP contribution < -0.4 is 9.47 Å². The van der Waals surface area contributed by atoms with Crippen molar-refractivity contribution in [1.82, 2.24) is 9.38 Å². The molecule has 0 amide bonds. The molecule has 33 heavy (non-hydrogen) atoms. The summed E-state index contributed by atoms with van der Waals surface area (Å²) in [5, 5.41) is 11.4. The molecule has 2 aromatic carbocycles. The van der Waals surface area contributed by atoms with E-state index < -0.39 is 4.92 Å². The molecule has 10 heteroatoms. The second-order valence-corrected chi connectivity index (χ2v) is 8.65. The molecule has 0 bridgehead atoms. The van der Waals surface area contributed by atoms with Gasteiger partial charge in [0.25, 0.3) is 5.69 Å². The number of imidazole rings is 1. The summed E-state index contributed by atoms with van der Waals surface area (Å²) in [5.41, 5.74) is 1.88. The van der Waals surface area contributed by atoms with Crippen LogP contribution in [0.3, 0.4) is 0 Å². The Hall–Kier alpha value is -3.69. The van der Waals surface area contributed by atoms with Crippen LogP contribution in [-0.2, 0) is 0 Å². The van der Waals surface area contributed by atoms with Gasteiger partial charge in [-0.15, -0.1) is 11.3 Å². The molecule has 168 valence electrons. The molecule has 0 aliphatic heterocycles. The SMILES string of the molecule is COc1ccc(C(=O)/C=C/c2c(-c3ccc(Cl)c([N+](=O)[O-])c3)nc3sc(C)cn23)cc1OC. The van der Waals surface area contributed by atoms with Crippen molar-refractivity contribution in [3.8, 4) is 22.8 Å². The average Bonchev–Trinajstić information content (AvgIpc) is 3.33. The van der Waals surface area contributed by atoms with Crippen molar-refractivity contribution in [3.63, 3.8) is 0 Å². The number of carbonyl (C=O) groups is 1. The molecule has 0 unspecified atom stereocenters. The van der Waals surface area contributed by atoms with Crippen molar-refractivity contribution < 1.29 is 19.2 Å². The van der Waals surface area contributed by atoms with Gasteiger partial charge >= 0.3 is 0 Å². The third-order valence-corrected chi connectivity index (χ3v) is 6.17. The smallest absolute Gasteiger partial charge is 0.288 e. The Balaban J connectivity index is 1.78. The zero-order valence-electron chi connectivity index (χ0n) is 17.9. The largest absolute Gasteiger partial charge is 0.493 e. The van der Waals surface area contributed by atoms with Gasteiger partial charge in [0.2, 0.25) is 0 Å². The van der Waals surface area contributed by atoms with E-state index in [0.717, 1.165) is 4.88 Å². The molecule has 4 rings (SSSR count). The number of allylic oxidation sites excluding steroid dienone is 1. The van der Waals surface area contributed by atoms with Crippen molar-refractivity contribution in [2.45, 2.75) is 6.92 Å². The van der Waals surface area contributed by atoms with Gasteiger partial charge in [0.1, 0.15) is 5.02 Å². The van der Waals surface area contributed by atoms with Gasteiger partial charge in [-0.1, -0.05) is 17.7 Å². The van der Waals surface area contributed by atoms with Crippen LogP contribution in [0.25, 0.3) is 22.3 Å². The maximum absolute atomic E-state index is 12.9. The van der Waals surface area contributed by atoms with Gasteiger partial charge in [0.15, 0.2) is 22.2 Å². The molecule has 0 N–H and O–H groups in total. The standard InChI is InChI=1S/C23H18ClN3O5S/c1-13-12-26-17(7-8-19(28)14-5-9-20(31-2)21(11-14)32-3)22(25-23(26)33-13)15-4-6-16(24)18(10-15)27(29)30/h4-12H,1-3H3/b8-7+. The quantitative estimate of drug-likeness (QED) is 0.142. The van der Waals surface area contributed by atoms with E-state index in [9.17, 15) is 14.9 Å². The Bertz CT molecular complexity index is 1420. The molecule has 2 aromatic heterocycles. The van der Waals surface area contributed by atoms with Crippen LogP contribution in [0, 0.1) is 17.0 Å². The van der Waals surface area contributed by atoms with E-state index >= 15 is 0 Å². The van der Waals surface area contributed by atoms with E-state index in [4.69, 9.17) is 21.1 Å².